The summed E-state index contributed by atoms with van der Waals surface area (Å²) in [6.07, 6.45) is 0. The molecule has 2 N–H and O–H groups in total. The van der Waals surface area contributed by atoms with Crippen molar-refractivity contribution < 1.29 is 13.2 Å². The fourth-order valence-electron chi connectivity index (χ4n) is 1.63. The lowest BCUT2D eigenvalue weighted by Gasteiger charge is -2.12. The Balaban J connectivity index is 2.03. The molecule has 100 valence electrons. The van der Waals surface area contributed by atoms with Crippen LogP contribution in [0.25, 0.3) is 0 Å². The standard InChI is InChI=1S/C14H12F3NS/c15-10-2-1-3-13(7-10)19-8-14(18)9-4-11(16)6-12(17)5-9/h1-7,14H,8,18H2. The highest BCUT2D eigenvalue weighted by Gasteiger charge is 2.10. The summed E-state index contributed by atoms with van der Waals surface area (Å²) in [5, 5.41) is 0. The average Bonchev–Trinajstić information content (AvgIpc) is 2.35. The summed E-state index contributed by atoms with van der Waals surface area (Å²) < 4.78 is 39.1. The molecule has 0 saturated heterocycles. The molecular formula is C14H12F3NS. The van der Waals surface area contributed by atoms with E-state index in [2.05, 4.69) is 0 Å². The van der Waals surface area contributed by atoms with Crippen LogP contribution >= 0.6 is 11.8 Å². The van der Waals surface area contributed by atoms with Gasteiger partial charge >= 0.3 is 0 Å². The van der Waals surface area contributed by atoms with Crippen molar-refractivity contribution in [2.24, 2.45) is 5.73 Å². The van der Waals surface area contributed by atoms with Gasteiger partial charge in [0, 0.05) is 22.8 Å². The molecule has 0 bridgehead atoms. The number of thioether (sulfide) groups is 1. The number of halogens is 3. The van der Waals surface area contributed by atoms with Gasteiger partial charge in [-0.2, -0.15) is 0 Å². The van der Waals surface area contributed by atoms with Crippen molar-refractivity contribution in [2.75, 3.05) is 5.75 Å². The lowest BCUT2D eigenvalue weighted by Crippen LogP contribution is -2.13. The molecule has 2 aromatic carbocycles. The topological polar surface area (TPSA) is 26.0 Å². The Labute approximate surface area is 113 Å². The van der Waals surface area contributed by atoms with Gasteiger partial charge in [0.05, 0.1) is 0 Å². The van der Waals surface area contributed by atoms with Crippen molar-refractivity contribution in [3.63, 3.8) is 0 Å². The summed E-state index contributed by atoms with van der Waals surface area (Å²) in [4.78, 5) is 0.729. The van der Waals surface area contributed by atoms with Gasteiger partial charge in [-0.05, 0) is 35.9 Å². The summed E-state index contributed by atoms with van der Waals surface area (Å²) in [6.45, 7) is 0. The first-order valence-corrected chi connectivity index (χ1v) is 6.63. The molecular weight excluding hydrogens is 271 g/mol. The fourth-order valence-corrected chi connectivity index (χ4v) is 2.56. The lowest BCUT2D eigenvalue weighted by atomic mass is 10.1. The minimum absolute atomic E-state index is 0.324. The van der Waals surface area contributed by atoms with E-state index in [1.807, 2.05) is 0 Å². The van der Waals surface area contributed by atoms with Crippen LogP contribution < -0.4 is 5.73 Å². The average molecular weight is 283 g/mol. The van der Waals surface area contributed by atoms with Gasteiger partial charge in [-0.25, -0.2) is 13.2 Å². The molecule has 0 aromatic heterocycles. The molecule has 1 nitrogen and oxygen atoms in total. The Kier molecular flexibility index (Phi) is 4.50. The van der Waals surface area contributed by atoms with Crippen molar-refractivity contribution in [3.8, 4) is 0 Å². The minimum atomic E-state index is -0.652. The van der Waals surface area contributed by atoms with E-state index in [9.17, 15) is 13.2 Å². The van der Waals surface area contributed by atoms with Crippen LogP contribution in [0.15, 0.2) is 47.4 Å². The number of nitrogens with two attached hydrogens (primary N) is 1. The molecule has 0 aliphatic carbocycles. The normalized spacial score (nSPS) is 12.4. The molecule has 1 unspecified atom stereocenters. The van der Waals surface area contributed by atoms with Gasteiger partial charge in [-0.15, -0.1) is 11.8 Å². The second-order valence-electron chi connectivity index (χ2n) is 4.08. The smallest absolute Gasteiger partial charge is 0.126 e. The van der Waals surface area contributed by atoms with Gasteiger partial charge in [0.2, 0.25) is 0 Å². The molecule has 0 aliphatic heterocycles. The number of benzene rings is 2. The third kappa shape index (κ3) is 4.01. The first-order chi connectivity index (χ1) is 9.04. The molecule has 0 fully saturated rings. The molecule has 0 amide bonds. The van der Waals surface area contributed by atoms with E-state index in [1.54, 1.807) is 12.1 Å². The summed E-state index contributed by atoms with van der Waals surface area (Å²) in [5.74, 6) is -1.22. The zero-order chi connectivity index (χ0) is 13.8. The van der Waals surface area contributed by atoms with Crippen LogP contribution in [0.1, 0.15) is 11.6 Å². The van der Waals surface area contributed by atoms with E-state index < -0.39 is 17.7 Å². The first-order valence-electron chi connectivity index (χ1n) is 5.64. The van der Waals surface area contributed by atoms with Gasteiger partial charge in [-0.3, -0.25) is 0 Å². The third-order valence-corrected chi connectivity index (χ3v) is 3.65. The van der Waals surface area contributed by atoms with Crippen molar-refractivity contribution in [2.45, 2.75) is 10.9 Å². The Morgan fingerprint density at radius 1 is 0.947 bits per heavy atom. The number of rotatable bonds is 4. The maximum Gasteiger partial charge on any atom is 0.126 e. The van der Waals surface area contributed by atoms with Gasteiger partial charge in [0.25, 0.3) is 0 Å². The minimum Gasteiger partial charge on any atom is -0.323 e. The zero-order valence-corrected chi connectivity index (χ0v) is 10.8. The van der Waals surface area contributed by atoms with Crippen LogP contribution in [0.4, 0.5) is 13.2 Å². The Morgan fingerprint density at radius 2 is 1.63 bits per heavy atom. The summed E-state index contributed by atoms with van der Waals surface area (Å²) in [6, 6.07) is 8.81. The van der Waals surface area contributed by atoms with Gasteiger partial charge in [0.1, 0.15) is 17.5 Å². The molecule has 0 aliphatic rings. The van der Waals surface area contributed by atoms with Gasteiger partial charge in [0.15, 0.2) is 0 Å². The molecule has 0 heterocycles. The molecule has 19 heavy (non-hydrogen) atoms. The van der Waals surface area contributed by atoms with Crippen molar-refractivity contribution >= 4 is 11.8 Å². The molecule has 2 aromatic rings. The maximum absolute atomic E-state index is 13.1. The highest BCUT2D eigenvalue weighted by atomic mass is 32.2. The zero-order valence-electron chi connectivity index (χ0n) is 9.95. The quantitative estimate of drug-likeness (QED) is 0.861. The Hall–Kier alpha value is -1.46. The number of hydrogen-bond donors (Lipinski definition) is 1. The molecule has 1 atom stereocenters. The van der Waals surface area contributed by atoms with Crippen molar-refractivity contribution in [3.05, 3.63) is 65.5 Å². The second-order valence-corrected chi connectivity index (χ2v) is 5.17. The van der Waals surface area contributed by atoms with Crippen LogP contribution in [0.5, 0.6) is 0 Å². The molecule has 5 heteroatoms. The van der Waals surface area contributed by atoms with E-state index in [4.69, 9.17) is 5.73 Å². The maximum atomic E-state index is 13.1. The molecule has 0 spiro atoms. The van der Waals surface area contributed by atoms with Gasteiger partial charge in [-0.1, -0.05) is 6.07 Å². The SMILES string of the molecule is NC(CSc1cccc(F)c1)c1cc(F)cc(F)c1. The molecule has 0 radical (unpaired) electrons. The van der Waals surface area contributed by atoms with E-state index in [0.29, 0.717) is 11.3 Å². The van der Waals surface area contributed by atoms with Crippen LogP contribution in [-0.4, -0.2) is 5.75 Å². The van der Waals surface area contributed by atoms with Crippen LogP contribution in [0.3, 0.4) is 0 Å². The summed E-state index contributed by atoms with van der Waals surface area (Å²) in [5.41, 5.74) is 6.26. The van der Waals surface area contributed by atoms with E-state index in [1.165, 1.54) is 36.0 Å². The monoisotopic (exact) mass is 283 g/mol. The second kappa shape index (κ2) is 6.12. The first kappa shape index (κ1) is 14.0. The fraction of sp³-hybridized carbons (Fsp3) is 0.143. The highest BCUT2D eigenvalue weighted by molar-refractivity contribution is 7.99. The van der Waals surface area contributed by atoms with E-state index >= 15 is 0 Å². The van der Waals surface area contributed by atoms with Gasteiger partial charge < -0.3 is 5.73 Å². The predicted molar refractivity (Wildman–Crippen MR) is 70.4 cm³/mol. The molecule has 2 rings (SSSR count). The predicted octanol–water partition coefficient (Wildman–Crippen LogP) is 3.90. The van der Waals surface area contributed by atoms with E-state index in [-0.39, 0.29) is 5.82 Å². The largest absolute Gasteiger partial charge is 0.323 e. The summed E-state index contributed by atoms with van der Waals surface area (Å²) in [7, 11) is 0. The Bertz CT molecular complexity index is 554. The summed E-state index contributed by atoms with van der Waals surface area (Å²) >= 11 is 1.34. The highest BCUT2D eigenvalue weighted by Crippen LogP contribution is 2.24. The lowest BCUT2D eigenvalue weighted by molar-refractivity contribution is 0.576. The van der Waals surface area contributed by atoms with E-state index in [0.717, 1.165) is 11.0 Å². The van der Waals surface area contributed by atoms with Crippen LogP contribution in [0, 0.1) is 17.5 Å². The van der Waals surface area contributed by atoms with Crippen LogP contribution in [-0.2, 0) is 0 Å². The van der Waals surface area contributed by atoms with Crippen molar-refractivity contribution in [1.82, 2.24) is 0 Å². The molecule has 0 saturated carbocycles. The Morgan fingerprint density at radius 3 is 2.26 bits per heavy atom. The van der Waals surface area contributed by atoms with Crippen LogP contribution in [0.2, 0.25) is 0 Å². The third-order valence-electron chi connectivity index (χ3n) is 2.54. The number of hydrogen-bond acceptors (Lipinski definition) is 2. The van der Waals surface area contributed by atoms with Crippen molar-refractivity contribution in [1.29, 1.82) is 0 Å².